The topological polar surface area (TPSA) is 58.6 Å². The van der Waals surface area contributed by atoms with Crippen LogP contribution in [-0.4, -0.2) is 34.9 Å². The molecule has 0 spiro atoms. The molecule has 1 N–H and O–H groups in total. The number of para-hydroxylation sites is 1. The second-order valence-corrected chi connectivity index (χ2v) is 9.14. The first-order valence-electron chi connectivity index (χ1n) is 9.40. The minimum absolute atomic E-state index is 0.124. The predicted molar refractivity (Wildman–Crippen MR) is 121 cm³/mol. The lowest BCUT2D eigenvalue weighted by molar-refractivity contribution is -0.142. The van der Waals surface area contributed by atoms with Gasteiger partial charge in [-0.25, -0.2) is 0 Å². The van der Waals surface area contributed by atoms with Gasteiger partial charge in [-0.1, -0.05) is 53.0 Å². The quantitative estimate of drug-likeness (QED) is 0.591. The summed E-state index contributed by atoms with van der Waals surface area (Å²) in [4.78, 5) is 27.2. The molecule has 162 valence electrons. The molecule has 2 rings (SSSR count). The first-order valence-corrected chi connectivity index (χ1v) is 10.5. The van der Waals surface area contributed by atoms with E-state index in [2.05, 4.69) is 5.32 Å². The molecule has 1 atom stereocenters. The van der Waals surface area contributed by atoms with Crippen LogP contribution >= 0.6 is 34.8 Å². The Kier molecular flexibility index (Phi) is 8.42. The van der Waals surface area contributed by atoms with Crippen LogP contribution < -0.4 is 10.1 Å². The number of ether oxygens (including phenoxy) is 1. The van der Waals surface area contributed by atoms with Gasteiger partial charge in [0.15, 0.2) is 6.61 Å². The fourth-order valence-corrected chi connectivity index (χ4v) is 3.33. The second kappa shape index (κ2) is 10.4. The van der Waals surface area contributed by atoms with E-state index in [-0.39, 0.29) is 25.0 Å². The SMILES string of the molecule is C[C@@H](C(=O)NC(C)(C)C)N(Cc1ccc(Cl)cc1Cl)C(=O)COc1ccccc1Cl. The average molecular weight is 472 g/mol. The van der Waals surface area contributed by atoms with Crippen LogP contribution in [0.5, 0.6) is 5.75 Å². The van der Waals surface area contributed by atoms with Crippen LogP contribution in [0.15, 0.2) is 42.5 Å². The van der Waals surface area contributed by atoms with Gasteiger partial charge in [-0.05, 0) is 57.5 Å². The fourth-order valence-electron chi connectivity index (χ4n) is 2.67. The van der Waals surface area contributed by atoms with E-state index in [1.54, 1.807) is 49.4 Å². The second-order valence-electron chi connectivity index (χ2n) is 7.89. The maximum absolute atomic E-state index is 13.0. The Bertz CT molecular complexity index is 913. The molecule has 0 heterocycles. The number of carbonyl (C=O) groups is 2. The lowest BCUT2D eigenvalue weighted by atomic mass is 10.1. The largest absolute Gasteiger partial charge is 0.482 e. The maximum atomic E-state index is 13.0. The molecular formula is C22H25Cl3N2O3. The molecule has 8 heteroatoms. The molecule has 0 aliphatic carbocycles. The van der Waals surface area contributed by atoms with Gasteiger partial charge >= 0.3 is 0 Å². The van der Waals surface area contributed by atoms with Gasteiger partial charge < -0.3 is 15.0 Å². The number of carbonyl (C=O) groups excluding carboxylic acids is 2. The Hall–Kier alpha value is -1.95. The summed E-state index contributed by atoms with van der Waals surface area (Å²) in [6, 6.07) is 11.1. The number of nitrogens with zero attached hydrogens (tertiary/aromatic N) is 1. The molecule has 0 aliphatic rings. The van der Waals surface area contributed by atoms with E-state index >= 15 is 0 Å². The summed E-state index contributed by atoms with van der Waals surface area (Å²) >= 11 is 18.4. The van der Waals surface area contributed by atoms with Crippen molar-refractivity contribution in [1.29, 1.82) is 0 Å². The highest BCUT2D eigenvalue weighted by atomic mass is 35.5. The van der Waals surface area contributed by atoms with Gasteiger partial charge in [-0.15, -0.1) is 0 Å². The van der Waals surface area contributed by atoms with E-state index in [4.69, 9.17) is 39.5 Å². The van der Waals surface area contributed by atoms with Crippen molar-refractivity contribution in [2.75, 3.05) is 6.61 Å². The van der Waals surface area contributed by atoms with Gasteiger partial charge in [0.25, 0.3) is 5.91 Å². The molecule has 2 amide bonds. The van der Waals surface area contributed by atoms with Crippen LogP contribution in [0.1, 0.15) is 33.3 Å². The van der Waals surface area contributed by atoms with Crippen LogP contribution in [0.3, 0.4) is 0 Å². The molecule has 2 aromatic carbocycles. The van der Waals surface area contributed by atoms with Crippen molar-refractivity contribution in [2.24, 2.45) is 0 Å². The first-order chi connectivity index (χ1) is 14.0. The molecule has 0 unspecified atom stereocenters. The van der Waals surface area contributed by atoms with Gasteiger partial charge in [0, 0.05) is 22.1 Å². The van der Waals surface area contributed by atoms with Gasteiger partial charge in [0.05, 0.1) is 5.02 Å². The van der Waals surface area contributed by atoms with Gasteiger partial charge in [-0.2, -0.15) is 0 Å². The summed E-state index contributed by atoms with van der Waals surface area (Å²) < 4.78 is 5.59. The van der Waals surface area contributed by atoms with Crippen molar-refractivity contribution in [3.63, 3.8) is 0 Å². The van der Waals surface area contributed by atoms with Crippen molar-refractivity contribution in [1.82, 2.24) is 10.2 Å². The highest BCUT2D eigenvalue weighted by Gasteiger charge is 2.29. The number of halogens is 3. The summed E-state index contributed by atoms with van der Waals surface area (Å²) in [5, 5.41) is 4.20. The number of hydrogen-bond acceptors (Lipinski definition) is 3. The third kappa shape index (κ3) is 7.08. The van der Waals surface area contributed by atoms with E-state index in [0.29, 0.717) is 26.4 Å². The molecule has 30 heavy (non-hydrogen) atoms. The van der Waals surface area contributed by atoms with Gasteiger partial charge in [0.2, 0.25) is 5.91 Å². The molecule has 0 radical (unpaired) electrons. The first kappa shape index (κ1) is 24.3. The lowest BCUT2D eigenvalue weighted by Gasteiger charge is -2.31. The molecule has 0 bridgehead atoms. The van der Waals surface area contributed by atoms with Gasteiger partial charge in [0.1, 0.15) is 11.8 Å². The Balaban J connectivity index is 2.23. The summed E-state index contributed by atoms with van der Waals surface area (Å²) in [6.07, 6.45) is 0. The Morgan fingerprint density at radius 1 is 1.07 bits per heavy atom. The molecular weight excluding hydrogens is 447 g/mol. The zero-order chi connectivity index (χ0) is 22.5. The van der Waals surface area contributed by atoms with E-state index in [9.17, 15) is 9.59 Å². The van der Waals surface area contributed by atoms with Crippen LogP contribution in [0.2, 0.25) is 15.1 Å². The summed E-state index contributed by atoms with van der Waals surface area (Å²) in [6.45, 7) is 7.14. The molecule has 0 aliphatic heterocycles. The predicted octanol–water partition coefficient (Wildman–Crippen LogP) is 5.36. The van der Waals surface area contributed by atoms with Crippen LogP contribution in [0.4, 0.5) is 0 Å². The highest BCUT2D eigenvalue weighted by molar-refractivity contribution is 6.35. The number of nitrogens with one attached hydrogen (secondary N) is 1. The number of benzene rings is 2. The Morgan fingerprint density at radius 3 is 2.33 bits per heavy atom. The molecule has 2 aromatic rings. The van der Waals surface area contributed by atoms with Gasteiger partial charge in [-0.3, -0.25) is 9.59 Å². The smallest absolute Gasteiger partial charge is 0.261 e. The molecule has 0 saturated heterocycles. The summed E-state index contributed by atoms with van der Waals surface area (Å²) in [7, 11) is 0. The number of rotatable bonds is 7. The summed E-state index contributed by atoms with van der Waals surface area (Å²) in [5.41, 5.74) is 0.231. The number of amides is 2. The standard InChI is InChI=1S/C22H25Cl3N2O3/c1-14(21(29)26-22(2,3)4)27(12-15-9-10-16(23)11-18(15)25)20(28)13-30-19-8-6-5-7-17(19)24/h5-11,14H,12-13H2,1-4H3,(H,26,29)/t14-/m0/s1. The minimum Gasteiger partial charge on any atom is -0.482 e. The van der Waals surface area contributed by atoms with Crippen molar-refractivity contribution in [3.8, 4) is 5.75 Å². The Morgan fingerprint density at radius 2 is 1.73 bits per heavy atom. The molecule has 0 saturated carbocycles. The van der Waals surface area contributed by atoms with Crippen molar-refractivity contribution >= 4 is 46.6 Å². The number of hydrogen-bond donors (Lipinski definition) is 1. The molecule has 0 fully saturated rings. The molecule has 0 aromatic heterocycles. The van der Waals surface area contributed by atoms with Crippen molar-refractivity contribution in [2.45, 2.75) is 45.8 Å². The van der Waals surface area contributed by atoms with E-state index < -0.39 is 11.6 Å². The minimum atomic E-state index is -0.752. The third-order valence-electron chi connectivity index (χ3n) is 4.21. The summed E-state index contributed by atoms with van der Waals surface area (Å²) in [5.74, 6) is -0.264. The fraction of sp³-hybridized carbons (Fsp3) is 0.364. The zero-order valence-corrected chi connectivity index (χ0v) is 19.6. The lowest BCUT2D eigenvalue weighted by Crippen LogP contribution is -2.53. The average Bonchev–Trinajstić information content (AvgIpc) is 2.64. The Labute approximate surface area is 192 Å². The van der Waals surface area contributed by atoms with E-state index in [0.717, 1.165) is 0 Å². The monoisotopic (exact) mass is 470 g/mol. The third-order valence-corrected chi connectivity index (χ3v) is 5.11. The van der Waals surface area contributed by atoms with Crippen LogP contribution in [-0.2, 0) is 16.1 Å². The van der Waals surface area contributed by atoms with Crippen LogP contribution in [0.25, 0.3) is 0 Å². The van der Waals surface area contributed by atoms with E-state index in [1.165, 1.54) is 4.90 Å². The van der Waals surface area contributed by atoms with Crippen molar-refractivity contribution in [3.05, 3.63) is 63.1 Å². The van der Waals surface area contributed by atoms with Crippen molar-refractivity contribution < 1.29 is 14.3 Å². The van der Waals surface area contributed by atoms with E-state index in [1.807, 2.05) is 20.8 Å². The normalized spacial score (nSPS) is 12.2. The molecule has 5 nitrogen and oxygen atoms in total. The maximum Gasteiger partial charge on any atom is 0.261 e. The van der Waals surface area contributed by atoms with Crippen LogP contribution in [0, 0.1) is 0 Å². The highest BCUT2D eigenvalue weighted by Crippen LogP contribution is 2.25. The zero-order valence-electron chi connectivity index (χ0n) is 17.3.